The maximum Gasteiger partial charge on any atom is 0.269 e. The molecule has 2 unspecified atom stereocenters. The zero-order chi connectivity index (χ0) is 25.2. The van der Waals surface area contributed by atoms with Crippen LogP contribution in [0.5, 0.6) is 0 Å². The molecule has 0 saturated heterocycles. The van der Waals surface area contributed by atoms with Gasteiger partial charge >= 0.3 is 0 Å². The fraction of sp³-hybridized carbons (Fsp3) is 0.259. The fourth-order valence-electron chi connectivity index (χ4n) is 5.17. The monoisotopic (exact) mass is 470 g/mol. The molecule has 0 radical (unpaired) electrons. The van der Waals surface area contributed by atoms with Crippen LogP contribution in [0.25, 0.3) is 0 Å². The van der Waals surface area contributed by atoms with Gasteiger partial charge in [0, 0.05) is 34.4 Å². The predicted molar refractivity (Wildman–Crippen MR) is 134 cm³/mol. The second kappa shape index (κ2) is 7.48. The summed E-state index contributed by atoms with van der Waals surface area (Å²) >= 11 is 0. The number of nitro benzene ring substituents is 1. The summed E-state index contributed by atoms with van der Waals surface area (Å²) in [5.74, 6) is 0.0563. The number of non-ortho nitro benzene ring substituents is 1. The zero-order valence-corrected chi connectivity index (χ0v) is 19.9. The van der Waals surface area contributed by atoms with Crippen molar-refractivity contribution in [1.82, 2.24) is 5.32 Å². The van der Waals surface area contributed by atoms with Gasteiger partial charge in [0.1, 0.15) is 11.4 Å². The van der Waals surface area contributed by atoms with Crippen molar-refractivity contribution < 1.29 is 14.8 Å². The predicted octanol–water partition coefficient (Wildman–Crippen LogP) is 4.52. The molecule has 0 aliphatic carbocycles. The van der Waals surface area contributed by atoms with Gasteiger partial charge in [-0.25, -0.2) is 4.99 Å². The van der Waals surface area contributed by atoms with Gasteiger partial charge in [-0.05, 0) is 52.0 Å². The van der Waals surface area contributed by atoms with Crippen LogP contribution in [0, 0.1) is 10.1 Å². The number of amides is 1. The van der Waals surface area contributed by atoms with Gasteiger partial charge in [0.25, 0.3) is 11.6 Å². The molecule has 0 fully saturated rings. The molecule has 178 valence electrons. The third-order valence-corrected chi connectivity index (χ3v) is 6.59. The summed E-state index contributed by atoms with van der Waals surface area (Å²) in [6.45, 7) is 7.33. The highest BCUT2D eigenvalue weighted by atomic mass is 16.6. The van der Waals surface area contributed by atoms with Crippen LogP contribution in [-0.2, 0) is 15.9 Å². The second-order valence-corrected chi connectivity index (χ2v) is 10.1. The summed E-state index contributed by atoms with van der Waals surface area (Å²) in [5.41, 5.74) is -0.858. The Morgan fingerprint density at radius 2 is 1.60 bits per heavy atom. The van der Waals surface area contributed by atoms with Crippen LogP contribution in [0.2, 0.25) is 0 Å². The lowest BCUT2D eigenvalue weighted by Crippen LogP contribution is -2.67. The number of benzene rings is 3. The molecule has 2 heterocycles. The summed E-state index contributed by atoms with van der Waals surface area (Å²) in [5, 5.41) is 26.6. The van der Waals surface area contributed by atoms with Crippen molar-refractivity contribution in [2.45, 2.75) is 44.4 Å². The Bertz CT molecular complexity index is 1390. The Kier molecular flexibility index (Phi) is 4.86. The first kappa shape index (κ1) is 22.7. The van der Waals surface area contributed by atoms with Crippen LogP contribution >= 0.6 is 0 Å². The molecular formula is C27H26N4O4. The lowest BCUT2D eigenvalue weighted by atomic mass is 9.71. The smallest absolute Gasteiger partial charge is 0.269 e. The highest BCUT2D eigenvalue weighted by Crippen LogP contribution is 2.59. The van der Waals surface area contributed by atoms with Gasteiger partial charge in [-0.15, -0.1) is 0 Å². The molecule has 2 aliphatic rings. The Morgan fingerprint density at radius 3 is 2.23 bits per heavy atom. The van der Waals surface area contributed by atoms with Crippen molar-refractivity contribution in [3.05, 3.63) is 99.6 Å². The maximum atomic E-state index is 14.3. The van der Waals surface area contributed by atoms with E-state index < -0.39 is 21.6 Å². The SMILES string of the molecule is CC(C)(C)NC(=O)C12c3ccccc3N=C(c3ccc([N+](=O)[O-])cc3)N1c1ccccc1C2(C)O. The topological polar surface area (TPSA) is 108 Å². The lowest BCUT2D eigenvalue weighted by molar-refractivity contribution is -0.384. The first-order valence-electron chi connectivity index (χ1n) is 11.4. The highest BCUT2D eigenvalue weighted by molar-refractivity contribution is 6.20. The molecule has 1 amide bonds. The number of anilines is 1. The Balaban J connectivity index is 1.85. The molecule has 0 aromatic heterocycles. The Morgan fingerprint density at radius 1 is 1.00 bits per heavy atom. The van der Waals surface area contributed by atoms with E-state index in [4.69, 9.17) is 4.99 Å². The minimum Gasteiger partial charge on any atom is -0.382 e. The molecule has 8 nitrogen and oxygen atoms in total. The third kappa shape index (κ3) is 3.17. The maximum absolute atomic E-state index is 14.3. The standard InChI is InChI=1S/C27H26N4O4/c1-25(2,3)29-24(32)27-19-9-5-7-11-21(19)28-23(17-13-15-18(16-14-17)31(34)35)30(27)22-12-8-6-10-20(22)26(27,4)33/h5-16,33H,1-4H3,(H,29,32). The zero-order valence-electron chi connectivity index (χ0n) is 19.9. The summed E-state index contributed by atoms with van der Waals surface area (Å²) in [4.78, 5) is 31.8. The molecule has 2 atom stereocenters. The molecule has 3 aromatic rings. The second-order valence-electron chi connectivity index (χ2n) is 10.1. The quantitative estimate of drug-likeness (QED) is 0.432. The number of carbonyl (C=O) groups excluding carboxylic acids is 1. The van der Waals surface area contributed by atoms with Crippen LogP contribution in [0.3, 0.4) is 0 Å². The molecular weight excluding hydrogens is 444 g/mol. The molecule has 35 heavy (non-hydrogen) atoms. The van der Waals surface area contributed by atoms with Crippen molar-refractivity contribution >= 4 is 28.8 Å². The van der Waals surface area contributed by atoms with Crippen LogP contribution < -0.4 is 10.2 Å². The van der Waals surface area contributed by atoms with Crippen molar-refractivity contribution in [3.8, 4) is 0 Å². The van der Waals surface area contributed by atoms with Crippen molar-refractivity contribution in [2.24, 2.45) is 4.99 Å². The Labute approximate surface area is 203 Å². The van der Waals surface area contributed by atoms with Gasteiger partial charge in [-0.1, -0.05) is 36.4 Å². The minimum atomic E-state index is -1.63. The molecule has 0 bridgehead atoms. The van der Waals surface area contributed by atoms with E-state index >= 15 is 0 Å². The normalized spacial score (nSPS) is 22.5. The first-order valence-corrected chi connectivity index (χ1v) is 11.4. The van der Waals surface area contributed by atoms with Gasteiger partial charge in [-0.3, -0.25) is 14.9 Å². The van der Waals surface area contributed by atoms with Gasteiger partial charge in [0.2, 0.25) is 0 Å². The minimum absolute atomic E-state index is 0.0453. The average molecular weight is 471 g/mol. The van der Waals surface area contributed by atoms with Gasteiger partial charge in [-0.2, -0.15) is 0 Å². The van der Waals surface area contributed by atoms with Gasteiger partial charge < -0.3 is 15.3 Å². The van der Waals surface area contributed by atoms with Crippen LogP contribution in [0.1, 0.15) is 44.4 Å². The van der Waals surface area contributed by atoms with Crippen LogP contribution in [-0.4, -0.2) is 27.3 Å². The van der Waals surface area contributed by atoms with E-state index in [1.165, 1.54) is 12.1 Å². The average Bonchev–Trinajstić information content (AvgIpc) is 3.03. The third-order valence-electron chi connectivity index (χ3n) is 6.59. The van der Waals surface area contributed by atoms with Gasteiger partial charge in [0.05, 0.1) is 16.3 Å². The fourth-order valence-corrected chi connectivity index (χ4v) is 5.17. The van der Waals surface area contributed by atoms with E-state index in [0.717, 1.165) is 0 Å². The number of nitrogens with one attached hydrogen (secondary N) is 1. The van der Waals surface area contributed by atoms with E-state index in [9.17, 15) is 20.0 Å². The number of para-hydroxylation sites is 2. The number of amidine groups is 1. The van der Waals surface area contributed by atoms with Crippen LogP contribution in [0.15, 0.2) is 77.8 Å². The van der Waals surface area contributed by atoms with E-state index in [-0.39, 0.29) is 11.6 Å². The van der Waals surface area contributed by atoms with E-state index in [1.54, 1.807) is 24.0 Å². The number of fused-ring (bicyclic) bond motifs is 5. The number of aliphatic hydroxyl groups is 1. The molecule has 0 saturated carbocycles. The number of hydrogen-bond acceptors (Lipinski definition) is 6. The van der Waals surface area contributed by atoms with Crippen LogP contribution in [0.4, 0.5) is 17.1 Å². The number of nitro groups is 1. The summed E-state index contributed by atoms with van der Waals surface area (Å²) in [7, 11) is 0. The van der Waals surface area contributed by atoms with Crippen molar-refractivity contribution in [1.29, 1.82) is 0 Å². The van der Waals surface area contributed by atoms with E-state index in [2.05, 4.69) is 5.32 Å². The van der Waals surface area contributed by atoms with Crippen molar-refractivity contribution in [2.75, 3.05) is 4.90 Å². The first-order chi connectivity index (χ1) is 16.5. The van der Waals surface area contributed by atoms with E-state index in [0.29, 0.717) is 33.9 Å². The molecule has 2 N–H and O–H groups in total. The molecule has 0 spiro atoms. The number of aliphatic imine (C=N–C) groups is 1. The number of nitrogens with zero attached hydrogens (tertiary/aromatic N) is 3. The summed E-state index contributed by atoms with van der Waals surface area (Å²) < 4.78 is 0. The number of rotatable bonds is 3. The largest absolute Gasteiger partial charge is 0.382 e. The highest BCUT2D eigenvalue weighted by Gasteiger charge is 2.68. The lowest BCUT2D eigenvalue weighted by Gasteiger charge is -2.49. The summed E-state index contributed by atoms with van der Waals surface area (Å²) in [6.07, 6.45) is 0. The molecule has 3 aromatic carbocycles. The van der Waals surface area contributed by atoms with Gasteiger partial charge in [0.15, 0.2) is 5.54 Å². The summed E-state index contributed by atoms with van der Waals surface area (Å²) in [6, 6.07) is 20.7. The van der Waals surface area contributed by atoms with E-state index in [1.807, 2.05) is 69.3 Å². The molecule has 5 rings (SSSR count). The number of carbonyl (C=O) groups is 1. The number of hydrogen-bond donors (Lipinski definition) is 2. The van der Waals surface area contributed by atoms with Crippen molar-refractivity contribution in [3.63, 3.8) is 0 Å². The Hall–Kier alpha value is -4.04. The molecule has 8 heteroatoms. The molecule has 2 aliphatic heterocycles.